The second-order valence-electron chi connectivity index (χ2n) is 8.30. The summed E-state index contributed by atoms with van der Waals surface area (Å²) in [5.41, 5.74) is 4.64. The van der Waals surface area contributed by atoms with Crippen LogP contribution in [-0.4, -0.2) is 22.4 Å². The van der Waals surface area contributed by atoms with E-state index in [0.717, 1.165) is 31.1 Å². The molecule has 0 aromatic heterocycles. The molecule has 2 atom stereocenters. The number of carbonyl (C=O) groups excluding carboxylic acids is 1. The van der Waals surface area contributed by atoms with Gasteiger partial charge in [-0.1, -0.05) is 12.8 Å². The van der Waals surface area contributed by atoms with Crippen LogP contribution in [0.3, 0.4) is 0 Å². The maximum Gasteiger partial charge on any atom is 0.312 e. The lowest BCUT2D eigenvalue weighted by Crippen LogP contribution is -2.42. The molecule has 0 saturated heterocycles. The fraction of sp³-hybridized carbons (Fsp3) is 0.600. The summed E-state index contributed by atoms with van der Waals surface area (Å²) in [7, 11) is 0. The molecule has 148 valence electrons. The highest BCUT2D eigenvalue weighted by molar-refractivity contribution is 8.14. The lowest BCUT2D eigenvalue weighted by Gasteiger charge is -2.45. The van der Waals surface area contributed by atoms with E-state index in [0.29, 0.717) is 17.0 Å². The number of thioether (sulfide) groups is 1. The van der Waals surface area contributed by atoms with Crippen LogP contribution < -0.4 is 5.73 Å². The van der Waals surface area contributed by atoms with Gasteiger partial charge in [0.2, 0.25) is 0 Å². The average molecular weight is 397 g/mol. The van der Waals surface area contributed by atoms with Crippen LogP contribution in [0.1, 0.15) is 58.4 Å². The van der Waals surface area contributed by atoms with Gasteiger partial charge >= 0.3 is 5.97 Å². The van der Waals surface area contributed by atoms with E-state index in [1.807, 2.05) is 20.8 Å². The summed E-state index contributed by atoms with van der Waals surface area (Å²) >= 11 is 1.53. The van der Waals surface area contributed by atoms with Crippen molar-refractivity contribution in [3.8, 4) is 0 Å². The molecule has 1 fully saturated rings. The van der Waals surface area contributed by atoms with Gasteiger partial charge in [-0.15, -0.1) is 11.8 Å². The van der Waals surface area contributed by atoms with Gasteiger partial charge in [-0.05, 0) is 45.6 Å². The van der Waals surface area contributed by atoms with E-state index >= 15 is 0 Å². The number of ether oxygens (including phenoxy) is 1. The molecular formula is C20H26F2N2O2S. The summed E-state index contributed by atoms with van der Waals surface area (Å²) in [5, 5.41) is 0.643. The van der Waals surface area contributed by atoms with E-state index in [2.05, 4.69) is 0 Å². The SMILES string of the molecule is CC(C)(C)OC(=O)CC1=N[C@@]2(c3cc(N)c(F)cc3F)CCCC[C@H]2CS1. The molecule has 4 nitrogen and oxygen atoms in total. The van der Waals surface area contributed by atoms with Gasteiger partial charge in [-0.2, -0.15) is 0 Å². The number of benzene rings is 1. The van der Waals surface area contributed by atoms with Crippen LogP contribution in [0.15, 0.2) is 17.1 Å². The number of anilines is 1. The van der Waals surface area contributed by atoms with E-state index < -0.39 is 22.8 Å². The van der Waals surface area contributed by atoms with E-state index in [4.69, 9.17) is 15.5 Å². The number of rotatable bonds is 3. The number of hydrogen-bond acceptors (Lipinski definition) is 5. The van der Waals surface area contributed by atoms with Crippen molar-refractivity contribution in [2.45, 2.75) is 64.0 Å². The Morgan fingerprint density at radius 3 is 2.78 bits per heavy atom. The Bertz CT molecular complexity index is 776. The standard InChI is InChI=1S/C20H26F2N2O2S/c1-19(2,3)26-18(25)10-17-24-20(7-5-4-6-12(20)11-27-17)13-8-16(23)15(22)9-14(13)21/h8-9,12H,4-7,10-11,23H2,1-3H3/t12-,20-/m0/s1. The van der Waals surface area contributed by atoms with Crippen LogP contribution in [-0.2, 0) is 15.1 Å². The number of hydrogen-bond donors (Lipinski definition) is 1. The lowest BCUT2D eigenvalue weighted by molar-refractivity contribution is -0.153. The normalized spacial score (nSPS) is 25.5. The summed E-state index contributed by atoms with van der Waals surface area (Å²) in [6, 6.07) is 2.23. The maximum absolute atomic E-state index is 14.7. The van der Waals surface area contributed by atoms with Crippen molar-refractivity contribution in [1.82, 2.24) is 0 Å². The van der Waals surface area contributed by atoms with Gasteiger partial charge in [-0.25, -0.2) is 8.78 Å². The van der Waals surface area contributed by atoms with Gasteiger partial charge in [0.1, 0.15) is 17.2 Å². The number of nitrogen functional groups attached to an aromatic ring is 1. The van der Waals surface area contributed by atoms with Crippen molar-refractivity contribution in [3.05, 3.63) is 29.3 Å². The molecule has 3 rings (SSSR count). The van der Waals surface area contributed by atoms with Gasteiger partial charge in [-0.3, -0.25) is 9.79 Å². The molecule has 27 heavy (non-hydrogen) atoms. The minimum absolute atomic E-state index is 0.0642. The van der Waals surface area contributed by atoms with Gasteiger partial charge in [0.05, 0.1) is 22.7 Å². The Balaban J connectivity index is 1.98. The molecule has 2 N–H and O–H groups in total. The summed E-state index contributed by atoms with van der Waals surface area (Å²) in [5.74, 6) is -0.850. The van der Waals surface area contributed by atoms with Crippen LogP contribution in [0.5, 0.6) is 0 Å². The van der Waals surface area contributed by atoms with Crippen molar-refractivity contribution in [1.29, 1.82) is 0 Å². The van der Waals surface area contributed by atoms with Crippen LogP contribution in [0.4, 0.5) is 14.5 Å². The van der Waals surface area contributed by atoms with Gasteiger partial charge < -0.3 is 10.5 Å². The Morgan fingerprint density at radius 2 is 2.07 bits per heavy atom. The predicted octanol–water partition coefficient (Wildman–Crippen LogP) is 4.81. The number of fused-ring (bicyclic) bond motifs is 1. The van der Waals surface area contributed by atoms with E-state index in [1.54, 1.807) is 0 Å². The first-order valence-electron chi connectivity index (χ1n) is 9.29. The zero-order valence-electron chi connectivity index (χ0n) is 16.0. The van der Waals surface area contributed by atoms with E-state index in [9.17, 15) is 13.6 Å². The Morgan fingerprint density at radius 1 is 1.33 bits per heavy atom. The first-order chi connectivity index (χ1) is 12.6. The van der Waals surface area contributed by atoms with Crippen LogP contribution in [0.25, 0.3) is 0 Å². The first-order valence-corrected chi connectivity index (χ1v) is 10.3. The number of halogens is 2. The smallest absolute Gasteiger partial charge is 0.312 e. The summed E-state index contributed by atoms with van der Waals surface area (Å²) < 4.78 is 33.8. The zero-order chi connectivity index (χ0) is 19.8. The Kier molecular flexibility index (Phi) is 5.52. The largest absolute Gasteiger partial charge is 0.460 e. The quantitative estimate of drug-likeness (QED) is 0.588. The maximum atomic E-state index is 14.7. The average Bonchev–Trinajstić information content (AvgIpc) is 2.56. The first kappa shape index (κ1) is 20.1. The summed E-state index contributed by atoms with van der Waals surface area (Å²) in [6.45, 7) is 5.45. The van der Waals surface area contributed by atoms with E-state index in [1.165, 1.54) is 17.8 Å². The Labute approximate surface area is 162 Å². The monoisotopic (exact) mass is 396 g/mol. The third kappa shape index (κ3) is 4.28. The summed E-state index contributed by atoms with van der Waals surface area (Å²) in [4.78, 5) is 17.1. The molecule has 0 unspecified atom stereocenters. The lowest BCUT2D eigenvalue weighted by atomic mass is 9.69. The molecule has 1 aromatic carbocycles. The van der Waals surface area contributed by atoms with E-state index in [-0.39, 0.29) is 24.0 Å². The highest BCUT2D eigenvalue weighted by Crippen LogP contribution is 2.50. The molecule has 1 saturated carbocycles. The minimum Gasteiger partial charge on any atom is -0.460 e. The number of nitrogens with zero attached hydrogens (tertiary/aromatic N) is 1. The number of nitrogens with two attached hydrogens (primary N) is 1. The fourth-order valence-electron chi connectivity index (χ4n) is 3.95. The molecule has 7 heteroatoms. The molecule has 2 aliphatic rings. The molecular weight excluding hydrogens is 370 g/mol. The summed E-state index contributed by atoms with van der Waals surface area (Å²) in [6.07, 6.45) is 3.61. The van der Waals surface area contributed by atoms with Crippen LogP contribution >= 0.6 is 11.8 Å². The molecule has 0 bridgehead atoms. The molecule has 0 spiro atoms. The van der Waals surface area contributed by atoms with Gasteiger partial charge in [0.15, 0.2) is 0 Å². The minimum atomic E-state index is -0.785. The Hall–Kier alpha value is -1.63. The molecule has 0 amide bonds. The van der Waals surface area contributed by atoms with Crippen LogP contribution in [0, 0.1) is 17.6 Å². The van der Waals surface area contributed by atoms with Gasteiger partial charge in [0.25, 0.3) is 0 Å². The fourth-order valence-corrected chi connectivity index (χ4v) is 5.24. The molecule has 1 aliphatic carbocycles. The number of esters is 1. The van der Waals surface area contributed by atoms with Crippen molar-refractivity contribution in [2.24, 2.45) is 10.9 Å². The van der Waals surface area contributed by atoms with Gasteiger partial charge in [0, 0.05) is 17.4 Å². The van der Waals surface area contributed by atoms with Crippen molar-refractivity contribution in [3.63, 3.8) is 0 Å². The molecule has 1 heterocycles. The third-order valence-electron chi connectivity index (χ3n) is 5.08. The third-order valence-corrected chi connectivity index (χ3v) is 6.22. The van der Waals surface area contributed by atoms with Crippen molar-refractivity contribution < 1.29 is 18.3 Å². The molecule has 1 aliphatic heterocycles. The second-order valence-corrected chi connectivity index (χ2v) is 9.39. The van der Waals surface area contributed by atoms with Crippen molar-refractivity contribution in [2.75, 3.05) is 11.5 Å². The highest BCUT2D eigenvalue weighted by Gasteiger charge is 2.46. The number of aliphatic imine (C=N–C) groups is 1. The highest BCUT2D eigenvalue weighted by atomic mass is 32.2. The topological polar surface area (TPSA) is 64.7 Å². The molecule has 1 aromatic rings. The number of carbonyl (C=O) groups is 1. The molecule has 0 radical (unpaired) electrons. The predicted molar refractivity (Wildman–Crippen MR) is 105 cm³/mol. The van der Waals surface area contributed by atoms with Crippen LogP contribution in [0.2, 0.25) is 0 Å². The zero-order valence-corrected chi connectivity index (χ0v) is 16.8. The second kappa shape index (κ2) is 7.41. The van der Waals surface area contributed by atoms with Crippen molar-refractivity contribution >= 4 is 28.5 Å².